The van der Waals surface area contributed by atoms with E-state index in [4.69, 9.17) is 0 Å². The third-order valence-electron chi connectivity index (χ3n) is 3.81. The topological polar surface area (TPSA) is 28.7 Å². The first-order chi connectivity index (χ1) is 9.08. The van der Waals surface area contributed by atoms with E-state index in [1.807, 2.05) is 6.20 Å². The zero-order valence-electron chi connectivity index (χ0n) is 12.0. The highest BCUT2D eigenvalue weighted by Crippen LogP contribution is 2.31. The van der Waals surface area contributed by atoms with Crippen molar-refractivity contribution in [3.05, 3.63) is 41.7 Å². The second-order valence-electron chi connectivity index (χ2n) is 5.86. The average molecular weight is 252 g/mol. The van der Waals surface area contributed by atoms with Gasteiger partial charge in [0, 0.05) is 22.7 Å². The number of H-pyrrole nitrogens is 1. The van der Waals surface area contributed by atoms with Gasteiger partial charge in [-0.15, -0.1) is 0 Å². The zero-order chi connectivity index (χ0) is 13.6. The summed E-state index contributed by atoms with van der Waals surface area (Å²) in [5.74, 6) is 1.02. The van der Waals surface area contributed by atoms with E-state index in [-0.39, 0.29) is 0 Å². The van der Waals surface area contributed by atoms with Crippen LogP contribution in [0, 0.1) is 0 Å². The smallest absolute Gasteiger partial charge is 0.138 e. The molecule has 0 saturated heterocycles. The summed E-state index contributed by atoms with van der Waals surface area (Å²) in [6, 6.07) is 8.80. The van der Waals surface area contributed by atoms with Crippen molar-refractivity contribution in [1.82, 2.24) is 9.97 Å². The summed E-state index contributed by atoms with van der Waals surface area (Å²) in [7, 11) is 0. The number of aromatic amines is 1. The molecule has 0 atom stereocenters. The average Bonchev–Trinajstić information content (AvgIpc) is 2.82. The first-order valence-electron chi connectivity index (χ1n) is 6.98. The van der Waals surface area contributed by atoms with Gasteiger partial charge < -0.3 is 4.98 Å². The Morgan fingerprint density at radius 1 is 0.947 bits per heavy atom. The van der Waals surface area contributed by atoms with E-state index < -0.39 is 0 Å². The van der Waals surface area contributed by atoms with E-state index >= 15 is 0 Å². The maximum Gasteiger partial charge on any atom is 0.138 e. The fraction of sp³-hybridized carbons (Fsp3) is 0.353. The Bertz CT molecular complexity index is 735. The summed E-state index contributed by atoms with van der Waals surface area (Å²) in [5, 5.41) is 3.82. The molecule has 98 valence electrons. The van der Waals surface area contributed by atoms with Crippen molar-refractivity contribution in [2.75, 3.05) is 0 Å². The van der Waals surface area contributed by atoms with Gasteiger partial charge in [0.05, 0.1) is 0 Å². The molecule has 1 N–H and O–H groups in total. The van der Waals surface area contributed by atoms with Crippen molar-refractivity contribution in [3.8, 4) is 0 Å². The van der Waals surface area contributed by atoms with Crippen molar-refractivity contribution >= 4 is 21.8 Å². The van der Waals surface area contributed by atoms with Crippen LogP contribution in [-0.2, 0) is 0 Å². The van der Waals surface area contributed by atoms with Crippen LogP contribution in [0.1, 0.15) is 50.8 Å². The van der Waals surface area contributed by atoms with Crippen molar-refractivity contribution in [2.45, 2.75) is 39.5 Å². The second-order valence-corrected chi connectivity index (χ2v) is 5.86. The molecule has 2 heteroatoms. The molecule has 3 aromatic rings. The van der Waals surface area contributed by atoms with E-state index in [1.54, 1.807) is 0 Å². The minimum Gasteiger partial charge on any atom is -0.343 e. The van der Waals surface area contributed by atoms with E-state index in [2.05, 4.69) is 61.9 Å². The van der Waals surface area contributed by atoms with Crippen molar-refractivity contribution in [1.29, 1.82) is 0 Å². The van der Waals surface area contributed by atoms with Crippen LogP contribution >= 0.6 is 0 Å². The molecule has 0 unspecified atom stereocenters. The minimum atomic E-state index is 0.498. The molecule has 0 fully saturated rings. The highest BCUT2D eigenvalue weighted by molar-refractivity contribution is 6.06. The fourth-order valence-corrected chi connectivity index (χ4v) is 2.68. The molecule has 0 saturated carbocycles. The number of benzene rings is 1. The lowest BCUT2D eigenvalue weighted by molar-refractivity contribution is 0.835. The number of nitrogens with zero attached hydrogens (tertiary/aromatic N) is 1. The summed E-state index contributed by atoms with van der Waals surface area (Å²) in [5.41, 5.74) is 3.63. The molecule has 2 aromatic heterocycles. The Hall–Kier alpha value is -1.83. The molecule has 0 bridgehead atoms. The quantitative estimate of drug-likeness (QED) is 0.686. The third kappa shape index (κ3) is 1.92. The third-order valence-corrected chi connectivity index (χ3v) is 3.81. The van der Waals surface area contributed by atoms with Crippen LogP contribution in [0.25, 0.3) is 21.8 Å². The molecule has 3 rings (SSSR count). The van der Waals surface area contributed by atoms with Gasteiger partial charge in [-0.05, 0) is 28.9 Å². The Labute approximate surface area is 113 Å². The first kappa shape index (κ1) is 12.2. The SMILES string of the molecule is CC(C)c1cc2c(ncc3c(C(C)C)cccc32)[nH]1. The van der Waals surface area contributed by atoms with Gasteiger partial charge in [-0.3, -0.25) is 0 Å². The van der Waals surface area contributed by atoms with E-state index in [0.29, 0.717) is 11.8 Å². The van der Waals surface area contributed by atoms with Crippen LogP contribution in [0.15, 0.2) is 30.5 Å². The maximum atomic E-state index is 4.60. The number of pyridine rings is 1. The lowest BCUT2D eigenvalue weighted by Gasteiger charge is -2.09. The molecule has 1 aromatic carbocycles. The molecule has 2 heterocycles. The molecule has 0 spiro atoms. The Morgan fingerprint density at radius 2 is 1.74 bits per heavy atom. The van der Waals surface area contributed by atoms with E-state index in [9.17, 15) is 0 Å². The van der Waals surface area contributed by atoms with Gasteiger partial charge in [-0.1, -0.05) is 45.9 Å². The number of nitrogens with one attached hydrogen (secondary N) is 1. The predicted molar refractivity (Wildman–Crippen MR) is 81.8 cm³/mol. The van der Waals surface area contributed by atoms with Gasteiger partial charge in [0.1, 0.15) is 5.65 Å². The van der Waals surface area contributed by atoms with E-state index in [1.165, 1.54) is 27.4 Å². The predicted octanol–water partition coefficient (Wildman–Crippen LogP) is 4.96. The summed E-state index contributed by atoms with van der Waals surface area (Å²) in [4.78, 5) is 8.02. The van der Waals surface area contributed by atoms with Crippen LogP contribution < -0.4 is 0 Å². The molecule has 0 aliphatic carbocycles. The maximum absolute atomic E-state index is 4.60. The monoisotopic (exact) mass is 252 g/mol. The molecular weight excluding hydrogens is 232 g/mol. The summed E-state index contributed by atoms with van der Waals surface area (Å²) in [6.45, 7) is 8.87. The number of rotatable bonds is 2. The van der Waals surface area contributed by atoms with Crippen molar-refractivity contribution < 1.29 is 0 Å². The molecule has 0 aliphatic heterocycles. The normalized spacial score (nSPS) is 12.1. The first-order valence-corrected chi connectivity index (χ1v) is 6.98. The Kier molecular flexibility index (Phi) is 2.81. The lowest BCUT2D eigenvalue weighted by Crippen LogP contribution is -1.90. The van der Waals surface area contributed by atoms with Gasteiger partial charge in [0.25, 0.3) is 0 Å². The van der Waals surface area contributed by atoms with Crippen LogP contribution in [0.4, 0.5) is 0 Å². The molecule has 0 aliphatic rings. The van der Waals surface area contributed by atoms with Gasteiger partial charge in [0.15, 0.2) is 0 Å². The number of fused-ring (bicyclic) bond motifs is 3. The van der Waals surface area contributed by atoms with Gasteiger partial charge >= 0.3 is 0 Å². The van der Waals surface area contributed by atoms with Gasteiger partial charge in [-0.25, -0.2) is 4.98 Å². The Balaban J connectivity index is 2.37. The van der Waals surface area contributed by atoms with E-state index in [0.717, 1.165) is 5.65 Å². The van der Waals surface area contributed by atoms with Crippen LogP contribution in [0.3, 0.4) is 0 Å². The summed E-state index contributed by atoms with van der Waals surface area (Å²) >= 11 is 0. The summed E-state index contributed by atoms with van der Waals surface area (Å²) in [6.07, 6.45) is 2.01. The number of hydrogen-bond donors (Lipinski definition) is 1. The highest BCUT2D eigenvalue weighted by atomic mass is 14.9. The van der Waals surface area contributed by atoms with Crippen LogP contribution in [-0.4, -0.2) is 9.97 Å². The van der Waals surface area contributed by atoms with Crippen LogP contribution in [0.2, 0.25) is 0 Å². The molecular formula is C17H20N2. The number of aromatic nitrogens is 2. The number of hydrogen-bond acceptors (Lipinski definition) is 1. The molecule has 19 heavy (non-hydrogen) atoms. The molecule has 0 amide bonds. The zero-order valence-corrected chi connectivity index (χ0v) is 12.0. The lowest BCUT2D eigenvalue weighted by atomic mass is 9.96. The van der Waals surface area contributed by atoms with Gasteiger partial charge in [0.2, 0.25) is 0 Å². The molecule has 2 nitrogen and oxygen atoms in total. The Morgan fingerprint density at radius 3 is 2.42 bits per heavy atom. The largest absolute Gasteiger partial charge is 0.343 e. The summed E-state index contributed by atoms with van der Waals surface area (Å²) < 4.78 is 0. The van der Waals surface area contributed by atoms with Crippen molar-refractivity contribution in [3.63, 3.8) is 0 Å². The fourth-order valence-electron chi connectivity index (χ4n) is 2.68. The van der Waals surface area contributed by atoms with Gasteiger partial charge in [-0.2, -0.15) is 0 Å². The highest BCUT2D eigenvalue weighted by Gasteiger charge is 2.11. The second kappa shape index (κ2) is 4.37. The standard InChI is InChI=1S/C17H20N2/c1-10(2)12-6-5-7-13-14-8-16(11(3)4)19-17(14)18-9-15(12)13/h5-11H,1-4H3,(H,18,19). The van der Waals surface area contributed by atoms with Crippen LogP contribution in [0.5, 0.6) is 0 Å². The van der Waals surface area contributed by atoms with Crippen molar-refractivity contribution in [2.24, 2.45) is 0 Å². The minimum absolute atomic E-state index is 0.498. The molecule has 0 radical (unpaired) electrons.